The van der Waals surface area contributed by atoms with Gasteiger partial charge in [-0.25, -0.2) is 9.07 Å². The Balaban J connectivity index is 2.16. The van der Waals surface area contributed by atoms with E-state index in [1.54, 1.807) is 10.8 Å². The summed E-state index contributed by atoms with van der Waals surface area (Å²) in [4.78, 5) is 0. The molecule has 0 N–H and O–H groups in total. The molecule has 16 heavy (non-hydrogen) atoms. The maximum absolute atomic E-state index is 13.1. The molecule has 0 bridgehead atoms. The number of hydrogen-bond donors (Lipinski definition) is 0. The average molecular weight is 215 g/mol. The maximum atomic E-state index is 13.1. The molecule has 1 aliphatic rings. The van der Waals surface area contributed by atoms with Crippen LogP contribution in [-0.4, -0.2) is 15.0 Å². The van der Waals surface area contributed by atoms with Gasteiger partial charge < -0.3 is 0 Å². The highest BCUT2D eigenvalue weighted by Gasteiger charge is 2.11. The molecule has 1 heterocycles. The molecule has 3 rings (SSSR count). The van der Waals surface area contributed by atoms with Crippen LogP contribution >= 0.6 is 0 Å². The Hall–Kier alpha value is -1.97. The summed E-state index contributed by atoms with van der Waals surface area (Å²) >= 11 is 0. The molecule has 0 aliphatic heterocycles. The number of hydrogen-bond acceptors (Lipinski definition) is 2. The Morgan fingerprint density at radius 2 is 2.12 bits per heavy atom. The van der Waals surface area contributed by atoms with Gasteiger partial charge in [0.05, 0.1) is 5.52 Å². The van der Waals surface area contributed by atoms with E-state index in [0.717, 1.165) is 23.2 Å². The Morgan fingerprint density at radius 3 is 3.00 bits per heavy atom. The van der Waals surface area contributed by atoms with Crippen molar-refractivity contribution in [1.29, 1.82) is 0 Å². The van der Waals surface area contributed by atoms with Crippen LogP contribution in [0.5, 0.6) is 0 Å². The summed E-state index contributed by atoms with van der Waals surface area (Å²) in [6.07, 6.45) is 4.61. The van der Waals surface area contributed by atoms with Crippen molar-refractivity contribution in [3.63, 3.8) is 0 Å². The molecule has 0 saturated carbocycles. The van der Waals surface area contributed by atoms with E-state index in [2.05, 4.69) is 10.3 Å². The smallest absolute Gasteiger partial charge is 0.121 e. The molecule has 0 unspecified atom stereocenters. The summed E-state index contributed by atoms with van der Waals surface area (Å²) in [5.74, 6) is -0.194. The van der Waals surface area contributed by atoms with E-state index in [9.17, 15) is 4.39 Å². The van der Waals surface area contributed by atoms with Crippen LogP contribution in [-0.2, 0) is 0 Å². The van der Waals surface area contributed by atoms with Gasteiger partial charge in [0.15, 0.2) is 0 Å². The monoisotopic (exact) mass is 215 g/mol. The van der Waals surface area contributed by atoms with Crippen LogP contribution in [0.1, 0.15) is 12.8 Å². The minimum Gasteiger partial charge on any atom is -0.217 e. The highest BCUT2D eigenvalue weighted by Crippen LogP contribution is 2.24. The predicted molar refractivity (Wildman–Crippen MR) is 60.2 cm³/mol. The second-order valence-corrected chi connectivity index (χ2v) is 3.75. The fourth-order valence-electron chi connectivity index (χ4n) is 1.90. The van der Waals surface area contributed by atoms with Crippen LogP contribution in [0.2, 0.25) is 0 Å². The molecule has 0 atom stereocenters. The van der Waals surface area contributed by atoms with Crippen molar-refractivity contribution in [3.05, 3.63) is 42.2 Å². The van der Waals surface area contributed by atoms with Gasteiger partial charge in [-0.05, 0) is 37.1 Å². The first-order valence-electron chi connectivity index (χ1n) is 5.21. The van der Waals surface area contributed by atoms with Gasteiger partial charge in [0.25, 0.3) is 0 Å². The first kappa shape index (κ1) is 9.27. The third kappa shape index (κ3) is 1.43. The number of rotatable bonds is 1. The van der Waals surface area contributed by atoms with Crippen LogP contribution in [0, 0.1) is 0 Å². The third-order valence-corrected chi connectivity index (χ3v) is 2.67. The molecule has 80 valence electrons. The molecule has 0 amide bonds. The second-order valence-electron chi connectivity index (χ2n) is 3.75. The first-order valence-corrected chi connectivity index (χ1v) is 5.21. The van der Waals surface area contributed by atoms with Crippen LogP contribution in [0.4, 0.5) is 4.39 Å². The minimum atomic E-state index is -0.194. The molecule has 3 nitrogen and oxygen atoms in total. The number of para-hydroxylation sites is 1. The van der Waals surface area contributed by atoms with Gasteiger partial charge in [-0.1, -0.05) is 17.3 Å². The quantitative estimate of drug-likeness (QED) is 0.732. The summed E-state index contributed by atoms with van der Waals surface area (Å²) in [6, 6.07) is 7.68. The van der Waals surface area contributed by atoms with E-state index in [-0.39, 0.29) is 5.83 Å². The normalized spacial score (nSPS) is 16.1. The molecular weight excluding hydrogens is 205 g/mol. The van der Waals surface area contributed by atoms with Gasteiger partial charge in [-0.2, -0.15) is 0 Å². The number of fused-ring (bicyclic) bond motifs is 1. The van der Waals surface area contributed by atoms with Crippen molar-refractivity contribution in [3.8, 4) is 0 Å². The van der Waals surface area contributed by atoms with Crippen molar-refractivity contribution in [2.45, 2.75) is 12.8 Å². The topological polar surface area (TPSA) is 30.7 Å². The molecule has 0 radical (unpaired) electrons. The number of nitrogens with zero attached hydrogens (tertiary/aromatic N) is 3. The summed E-state index contributed by atoms with van der Waals surface area (Å²) in [5.41, 5.74) is 2.61. The third-order valence-electron chi connectivity index (χ3n) is 2.67. The Labute approximate surface area is 91.9 Å². The molecule has 1 aliphatic carbocycles. The molecule has 0 saturated heterocycles. The Kier molecular flexibility index (Phi) is 2.06. The van der Waals surface area contributed by atoms with E-state index >= 15 is 0 Å². The lowest BCUT2D eigenvalue weighted by Crippen LogP contribution is -2.02. The molecule has 2 aromatic rings. The molecule has 1 aromatic heterocycles. The van der Waals surface area contributed by atoms with Crippen LogP contribution < -0.4 is 0 Å². The van der Waals surface area contributed by atoms with E-state index in [4.69, 9.17) is 0 Å². The van der Waals surface area contributed by atoms with Crippen LogP contribution in [0.3, 0.4) is 0 Å². The van der Waals surface area contributed by atoms with Gasteiger partial charge >= 0.3 is 0 Å². The first-order chi connectivity index (χ1) is 7.84. The second kappa shape index (κ2) is 3.56. The van der Waals surface area contributed by atoms with Crippen LogP contribution in [0.25, 0.3) is 16.7 Å². The zero-order valence-electron chi connectivity index (χ0n) is 8.60. The Morgan fingerprint density at radius 1 is 1.25 bits per heavy atom. The number of allylic oxidation sites excluding steroid dienone is 4. The molecular formula is C12H10FN3. The lowest BCUT2D eigenvalue weighted by molar-refractivity contribution is 0.648. The number of aromatic nitrogens is 3. The van der Waals surface area contributed by atoms with Crippen molar-refractivity contribution in [2.75, 3.05) is 0 Å². The van der Waals surface area contributed by atoms with Gasteiger partial charge in [0.1, 0.15) is 11.3 Å². The molecule has 0 spiro atoms. The van der Waals surface area contributed by atoms with Gasteiger partial charge in [0.2, 0.25) is 0 Å². The average Bonchev–Trinajstić information content (AvgIpc) is 2.72. The lowest BCUT2D eigenvalue weighted by atomic mass is 10.1. The number of benzene rings is 1. The van der Waals surface area contributed by atoms with E-state index in [0.29, 0.717) is 6.42 Å². The fourth-order valence-corrected chi connectivity index (χ4v) is 1.90. The molecule has 1 aromatic carbocycles. The summed E-state index contributed by atoms with van der Waals surface area (Å²) < 4.78 is 14.9. The summed E-state index contributed by atoms with van der Waals surface area (Å²) in [5, 5.41) is 8.11. The van der Waals surface area contributed by atoms with Gasteiger partial charge in [-0.3, -0.25) is 0 Å². The van der Waals surface area contributed by atoms with Crippen molar-refractivity contribution < 1.29 is 4.39 Å². The van der Waals surface area contributed by atoms with E-state index in [1.165, 1.54) is 6.08 Å². The minimum absolute atomic E-state index is 0.194. The number of halogens is 1. The van der Waals surface area contributed by atoms with E-state index in [1.807, 2.05) is 24.3 Å². The zero-order valence-corrected chi connectivity index (χ0v) is 8.60. The fraction of sp³-hybridized carbons (Fsp3) is 0.167. The lowest BCUT2D eigenvalue weighted by Gasteiger charge is -2.10. The largest absolute Gasteiger partial charge is 0.217 e. The van der Waals surface area contributed by atoms with Crippen LogP contribution in [0.15, 0.2) is 42.2 Å². The molecule has 0 fully saturated rings. The highest BCUT2D eigenvalue weighted by atomic mass is 19.1. The predicted octanol–water partition coefficient (Wildman–Crippen LogP) is 2.92. The maximum Gasteiger partial charge on any atom is 0.121 e. The van der Waals surface area contributed by atoms with Gasteiger partial charge in [0, 0.05) is 5.70 Å². The van der Waals surface area contributed by atoms with Crippen molar-refractivity contribution in [2.24, 2.45) is 0 Å². The molecule has 4 heteroatoms. The standard InChI is InChI=1S/C12H10FN3/c13-9-4-3-5-10(8-9)16-12-7-2-1-6-11(12)14-15-16/h1-2,4,6-8H,3,5H2. The Bertz CT molecular complexity index is 595. The van der Waals surface area contributed by atoms with Crippen molar-refractivity contribution >= 4 is 16.7 Å². The van der Waals surface area contributed by atoms with Crippen molar-refractivity contribution in [1.82, 2.24) is 15.0 Å². The van der Waals surface area contributed by atoms with Gasteiger partial charge in [-0.15, -0.1) is 5.10 Å². The zero-order chi connectivity index (χ0) is 11.0. The summed E-state index contributed by atoms with van der Waals surface area (Å²) in [7, 11) is 0. The SMILES string of the molecule is FC1=CCCC(n2nnc3ccccc32)=C1. The highest BCUT2D eigenvalue weighted by molar-refractivity contribution is 5.78. The van der Waals surface area contributed by atoms with E-state index < -0.39 is 0 Å². The summed E-state index contributed by atoms with van der Waals surface area (Å²) in [6.45, 7) is 0.